The largest absolute Gasteiger partial charge is 0.464 e. The lowest BCUT2D eigenvalue weighted by Gasteiger charge is -2.49. The summed E-state index contributed by atoms with van der Waals surface area (Å²) in [6, 6.07) is 11.8. The van der Waals surface area contributed by atoms with Crippen LogP contribution in [0.1, 0.15) is 41.2 Å². The van der Waals surface area contributed by atoms with Crippen molar-refractivity contribution in [3.63, 3.8) is 0 Å². The topological polar surface area (TPSA) is 75.6 Å². The first-order valence-corrected chi connectivity index (χ1v) is 9.97. The fourth-order valence-corrected chi connectivity index (χ4v) is 4.69. The minimum absolute atomic E-state index is 0.0773. The van der Waals surface area contributed by atoms with E-state index in [0.29, 0.717) is 0 Å². The second-order valence-corrected chi connectivity index (χ2v) is 8.10. The number of hydrogen-bond donors (Lipinski definition) is 0. The number of aromatic nitrogens is 2. The number of likely N-dealkylation sites (N-methyl/N-ethyl adjacent to an activating group) is 1. The van der Waals surface area contributed by atoms with E-state index in [1.165, 1.54) is 13.4 Å². The molecule has 2 fully saturated rings. The average Bonchev–Trinajstić information content (AvgIpc) is 2.77. The van der Waals surface area contributed by atoms with E-state index in [1.54, 1.807) is 6.07 Å². The molecule has 1 atom stereocenters. The Morgan fingerprint density at radius 3 is 2.59 bits per heavy atom. The van der Waals surface area contributed by atoms with E-state index in [9.17, 15) is 9.59 Å². The fraction of sp³-hybridized carbons (Fsp3) is 0.455. The zero-order valence-corrected chi connectivity index (χ0v) is 16.9. The SMILES string of the molecule is COC(=O)c1cc(N2CCC3(CC2)C[C@H](c2ccccc2)C(=O)N(C)C3)ncn1. The molecule has 29 heavy (non-hydrogen) atoms. The first-order chi connectivity index (χ1) is 14.0. The van der Waals surface area contributed by atoms with Gasteiger partial charge in [-0.15, -0.1) is 0 Å². The minimum atomic E-state index is -0.458. The van der Waals surface area contributed by atoms with Crippen molar-refractivity contribution in [2.75, 3.05) is 38.7 Å². The summed E-state index contributed by atoms with van der Waals surface area (Å²) in [5, 5.41) is 0. The maximum atomic E-state index is 12.8. The monoisotopic (exact) mass is 394 g/mol. The zero-order valence-electron chi connectivity index (χ0n) is 16.9. The van der Waals surface area contributed by atoms with Crippen LogP contribution < -0.4 is 4.90 Å². The Hall–Kier alpha value is -2.96. The molecule has 152 valence electrons. The third-order valence-corrected chi connectivity index (χ3v) is 6.28. The summed E-state index contributed by atoms with van der Waals surface area (Å²) in [6.45, 7) is 2.46. The predicted octanol–water partition coefficient (Wildman–Crippen LogP) is 2.50. The number of anilines is 1. The molecule has 0 N–H and O–H groups in total. The molecule has 2 aliphatic heterocycles. The number of likely N-dealkylation sites (tertiary alicyclic amines) is 1. The summed E-state index contributed by atoms with van der Waals surface area (Å²) in [4.78, 5) is 37.0. The summed E-state index contributed by atoms with van der Waals surface area (Å²) >= 11 is 0. The highest BCUT2D eigenvalue weighted by atomic mass is 16.5. The number of piperidine rings is 2. The molecule has 7 heteroatoms. The number of esters is 1. The number of amides is 1. The van der Waals surface area contributed by atoms with Crippen molar-refractivity contribution in [3.8, 4) is 0 Å². The second-order valence-electron chi connectivity index (χ2n) is 8.10. The van der Waals surface area contributed by atoms with Gasteiger partial charge in [0, 0.05) is 32.7 Å². The van der Waals surface area contributed by atoms with Crippen molar-refractivity contribution in [3.05, 3.63) is 54.0 Å². The molecule has 7 nitrogen and oxygen atoms in total. The molecular weight excluding hydrogens is 368 g/mol. The Labute approximate surface area is 170 Å². The Kier molecular flexibility index (Phi) is 5.22. The molecule has 0 bridgehead atoms. The van der Waals surface area contributed by atoms with Crippen molar-refractivity contribution in [2.24, 2.45) is 5.41 Å². The standard InChI is InChI=1S/C22H26N4O3/c1-25-14-22(13-17(20(25)27)16-6-4-3-5-7-16)8-10-26(11-9-22)19-12-18(21(28)29-2)23-15-24-19/h3-7,12,15,17H,8-11,13-14H2,1-2H3/t17-/m1/s1. The highest BCUT2D eigenvalue weighted by Gasteiger charge is 2.45. The van der Waals surface area contributed by atoms with Crippen molar-refractivity contribution in [2.45, 2.75) is 25.2 Å². The maximum absolute atomic E-state index is 12.8. The van der Waals surface area contributed by atoms with E-state index in [1.807, 2.05) is 30.1 Å². The van der Waals surface area contributed by atoms with Crippen LogP contribution in [0.15, 0.2) is 42.7 Å². The van der Waals surface area contributed by atoms with Gasteiger partial charge >= 0.3 is 5.97 Å². The van der Waals surface area contributed by atoms with Crippen LogP contribution in [0.5, 0.6) is 0 Å². The number of ether oxygens (including phenoxy) is 1. The van der Waals surface area contributed by atoms with Crippen LogP contribution in [0.4, 0.5) is 5.82 Å². The lowest BCUT2D eigenvalue weighted by atomic mass is 9.68. The zero-order chi connectivity index (χ0) is 20.4. The van der Waals surface area contributed by atoms with E-state index in [2.05, 4.69) is 27.0 Å². The van der Waals surface area contributed by atoms with E-state index >= 15 is 0 Å². The average molecular weight is 394 g/mol. The van der Waals surface area contributed by atoms with Gasteiger partial charge in [-0.1, -0.05) is 30.3 Å². The number of rotatable bonds is 3. The molecule has 4 rings (SSSR count). The number of carbonyl (C=O) groups excluding carboxylic acids is 2. The Morgan fingerprint density at radius 2 is 1.90 bits per heavy atom. The van der Waals surface area contributed by atoms with Crippen LogP contribution in [0.2, 0.25) is 0 Å². The van der Waals surface area contributed by atoms with E-state index in [4.69, 9.17) is 4.74 Å². The lowest BCUT2D eigenvalue weighted by Crippen LogP contribution is -2.53. The summed E-state index contributed by atoms with van der Waals surface area (Å²) < 4.78 is 4.76. The van der Waals surface area contributed by atoms with Crippen molar-refractivity contribution in [1.82, 2.24) is 14.9 Å². The van der Waals surface area contributed by atoms with Crippen LogP contribution in [0.3, 0.4) is 0 Å². The number of benzene rings is 1. The Bertz CT molecular complexity index is 894. The first-order valence-electron chi connectivity index (χ1n) is 9.97. The van der Waals surface area contributed by atoms with Gasteiger partial charge in [0.2, 0.25) is 5.91 Å². The molecule has 1 spiro atoms. The summed E-state index contributed by atoms with van der Waals surface area (Å²) in [5.41, 5.74) is 1.48. The smallest absolute Gasteiger partial charge is 0.356 e. The van der Waals surface area contributed by atoms with Gasteiger partial charge in [-0.25, -0.2) is 14.8 Å². The highest BCUT2D eigenvalue weighted by molar-refractivity contribution is 5.87. The van der Waals surface area contributed by atoms with Crippen molar-refractivity contribution >= 4 is 17.7 Å². The van der Waals surface area contributed by atoms with Gasteiger partial charge in [-0.05, 0) is 30.2 Å². The molecule has 0 unspecified atom stereocenters. The van der Waals surface area contributed by atoms with Crippen molar-refractivity contribution < 1.29 is 14.3 Å². The summed E-state index contributed by atoms with van der Waals surface area (Å²) in [7, 11) is 3.26. The first kappa shape index (κ1) is 19.4. The van der Waals surface area contributed by atoms with E-state index in [-0.39, 0.29) is 22.9 Å². The molecule has 2 aliphatic rings. The molecule has 2 aromatic rings. The van der Waals surface area contributed by atoms with Crippen molar-refractivity contribution in [1.29, 1.82) is 0 Å². The Balaban J connectivity index is 1.49. The normalized spacial score (nSPS) is 21.3. The van der Waals surface area contributed by atoms with Crippen LogP contribution in [0, 0.1) is 5.41 Å². The maximum Gasteiger partial charge on any atom is 0.356 e. The summed E-state index contributed by atoms with van der Waals surface area (Å²) in [6.07, 6.45) is 4.24. The van der Waals surface area contributed by atoms with E-state index in [0.717, 1.165) is 50.3 Å². The molecule has 1 aromatic carbocycles. The molecule has 0 aliphatic carbocycles. The van der Waals surface area contributed by atoms with Crippen LogP contribution in [-0.4, -0.2) is 60.5 Å². The predicted molar refractivity (Wildman–Crippen MR) is 109 cm³/mol. The molecular formula is C22H26N4O3. The molecule has 1 aromatic heterocycles. The third kappa shape index (κ3) is 3.81. The lowest BCUT2D eigenvalue weighted by molar-refractivity contribution is -0.138. The minimum Gasteiger partial charge on any atom is -0.464 e. The number of methoxy groups -OCH3 is 1. The van der Waals surface area contributed by atoms with Crippen LogP contribution in [-0.2, 0) is 9.53 Å². The fourth-order valence-electron chi connectivity index (χ4n) is 4.69. The van der Waals surface area contributed by atoms with Gasteiger partial charge in [0.25, 0.3) is 0 Å². The van der Waals surface area contributed by atoms with Gasteiger partial charge in [-0.3, -0.25) is 4.79 Å². The third-order valence-electron chi connectivity index (χ3n) is 6.28. The van der Waals surface area contributed by atoms with Crippen LogP contribution in [0.25, 0.3) is 0 Å². The van der Waals surface area contributed by atoms with Crippen LogP contribution >= 0.6 is 0 Å². The van der Waals surface area contributed by atoms with Gasteiger partial charge in [0.15, 0.2) is 5.69 Å². The molecule has 0 radical (unpaired) electrons. The molecule has 2 saturated heterocycles. The number of hydrogen-bond acceptors (Lipinski definition) is 6. The van der Waals surface area contributed by atoms with Gasteiger partial charge in [0.05, 0.1) is 13.0 Å². The van der Waals surface area contributed by atoms with Gasteiger partial charge < -0.3 is 14.5 Å². The van der Waals surface area contributed by atoms with Gasteiger partial charge in [0.1, 0.15) is 12.1 Å². The number of carbonyl (C=O) groups is 2. The highest BCUT2D eigenvalue weighted by Crippen LogP contribution is 2.45. The molecule has 1 amide bonds. The molecule has 3 heterocycles. The quantitative estimate of drug-likeness (QED) is 0.745. The number of nitrogens with zero attached hydrogens (tertiary/aromatic N) is 4. The van der Waals surface area contributed by atoms with Gasteiger partial charge in [-0.2, -0.15) is 0 Å². The Morgan fingerprint density at radius 1 is 1.17 bits per heavy atom. The van der Waals surface area contributed by atoms with E-state index < -0.39 is 5.97 Å². The summed E-state index contributed by atoms with van der Waals surface area (Å²) in [5.74, 6) is 0.421. The molecule has 0 saturated carbocycles. The second kappa shape index (κ2) is 7.81.